The van der Waals surface area contributed by atoms with Gasteiger partial charge in [-0.1, -0.05) is 6.42 Å². The van der Waals surface area contributed by atoms with Crippen LogP contribution in [0.3, 0.4) is 0 Å². The molecule has 0 aromatic heterocycles. The Bertz CT molecular complexity index is 202. The maximum Gasteiger partial charge on any atom is 0.294 e. The molecule has 1 heterocycles. The molecule has 0 aromatic rings. The third-order valence-electron chi connectivity index (χ3n) is 3.01. The molecule has 0 aromatic carbocycles. The molecule has 1 fully saturated rings. The fourth-order valence-electron chi connectivity index (χ4n) is 2.17. The van der Waals surface area contributed by atoms with E-state index >= 15 is 0 Å². The number of nitrogens with zero attached hydrogens (tertiary/aromatic N) is 1. The number of hydrogen-bond donors (Lipinski definition) is 2. The van der Waals surface area contributed by atoms with Gasteiger partial charge in [0.05, 0.1) is 0 Å². The Morgan fingerprint density at radius 2 is 2.31 bits per heavy atom. The van der Waals surface area contributed by atoms with Crippen LogP contribution < -0.4 is 11.5 Å². The summed E-state index contributed by atoms with van der Waals surface area (Å²) in [6.07, 6.45) is 5.04. The van der Waals surface area contributed by atoms with Crippen LogP contribution in [0.2, 0.25) is 0 Å². The van der Waals surface area contributed by atoms with Crippen molar-refractivity contribution in [2.45, 2.75) is 44.4 Å². The van der Waals surface area contributed by atoms with Gasteiger partial charge in [0.2, 0.25) is 0 Å². The van der Waals surface area contributed by atoms with Gasteiger partial charge in [0.25, 0.3) is 6.47 Å². The third kappa shape index (κ3) is 4.47. The van der Waals surface area contributed by atoms with Gasteiger partial charge in [0.1, 0.15) is 0 Å². The number of hydrogen-bond acceptors (Lipinski definition) is 5. The number of nitrogens with two attached hydrogens (primary N) is 2. The maximum absolute atomic E-state index is 10.3. The molecule has 4 N–H and O–H groups in total. The zero-order valence-electron chi connectivity index (χ0n) is 9.81. The average molecular weight is 229 g/mol. The van der Waals surface area contributed by atoms with E-state index < -0.39 is 0 Å². The maximum atomic E-state index is 10.3. The lowest BCUT2D eigenvalue weighted by Crippen LogP contribution is -2.41. The largest absolute Gasteiger partial charge is 0.449 e. The molecule has 5 heteroatoms. The van der Waals surface area contributed by atoms with Crippen molar-refractivity contribution < 1.29 is 9.53 Å². The van der Waals surface area contributed by atoms with Crippen molar-refractivity contribution >= 4 is 6.47 Å². The Balaban J connectivity index is 2.21. The second-order valence-corrected chi connectivity index (χ2v) is 4.37. The van der Waals surface area contributed by atoms with E-state index in [1.54, 1.807) is 0 Å². The van der Waals surface area contributed by atoms with Gasteiger partial charge in [0.15, 0.2) is 6.23 Å². The van der Waals surface area contributed by atoms with Crippen molar-refractivity contribution in [3.05, 3.63) is 0 Å². The molecule has 0 spiro atoms. The minimum absolute atomic E-state index is 0.0574. The molecule has 0 aliphatic carbocycles. The molecule has 1 saturated heterocycles. The van der Waals surface area contributed by atoms with Gasteiger partial charge in [-0.2, -0.15) is 0 Å². The van der Waals surface area contributed by atoms with Gasteiger partial charge in [0, 0.05) is 19.1 Å². The quantitative estimate of drug-likeness (QED) is 0.453. The van der Waals surface area contributed by atoms with Crippen molar-refractivity contribution in [3.8, 4) is 0 Å². The summed E-state index contributed by atoms with van der Waals surface area (Å²) in [5, 5.41) is 0. The Labute approximate surface area is 97.1 Å². The van der Waals surface area contributed by atoms with Crippen LogP contribution in [0.15, 0.2) is 0 Å². The van der Waals surface area contributed by atoms with E-state index in [1.807, 2.05) is 0 Å². The summed E-state index contributed by atoms with van der Waals surface area (Å²) < 4.78 is 5.01. The van der Waals surface area contributed by atoms with Crippen LogP contribution in [0.25, 0.3) is 0 Å². The predicted molar refractivity (Wildman–Crippen MR) is 62.6 cm³/mol. The van der Waals surface area contributed by atoms with Gasteiger partial charge < -0.3 is 16.2 Å². The number of unbranched alkanes of at least 4 members (excludes halogenated alkanes) is 1. The summed E-state index contributed by atoms with van der Waals surface area (Å²) in [7, 11) is 0. The van der Waals surface area contributed by atoms with E-state index in [0.29, 0.717) is 6.47 Å². The molecule has 0 radical (unpaired) electrons. The van der Waals surface area contributed by atoms with Crippen LogP contribution in [-0.2, 0) is 9.53 Å². The highest BCUT2D eigenvalue weighted by Gasteiger charge is 2.26. The fourth-order valence-corrected chi connectivity index (χ4v) is 2.17. The van der Waals surface area contributed by atoms with Crippen LogP contribution in [0, 0.1) is 0 Å². The van der Waals surface area contributed by atoms with E-state index in [-0.39, 0.29) is 12.3 Å². The highest BCUT2D eigenvalue weighted by Crippen LogP contribution is 2.18. The molecule has 0 amide bonds. The van der Waals surface area contributed by atoms with Crippen molar-refractivity contribution in [1.29, 1.82) is 0 Å². The fraction of sp³-hybridized carbons (Fsp3) is 0.909. The second-order valence-electron chi connectivity index (χ2n) is 4.37. The molecule has 0 unspecified atom stereocenters. The monoisotopic (exact) mass is 229 g/mol. The first-order valence-electron chi connectivity index (χ1n) is 6.06. The van der Waals surface area contributed by atoms with Gasteiger partial charge in [-0.05, 0) is 32.2 Å². The highest BCUT2D eigenvalue weighted by atomic mass is 16.5. The van der Waals surface area contributed by atoms with Gasteiger partial charge in [-0.25, -0.2) is 0 Å². The molecule has 94 valence electrons. The van der Waals surface area contributed by atoms with Gasteiger partial charge in [-0.15, -0.1) is 0 Å². The molecular weight excluding hydrogens is 206 g/mol. The molecule has 1 rings (SSSR count). The molecule has 5 nitrogen and oxygen atoms in total. The first kappa shape index (κ1) is 13.4. The number of ether oxygens (including phenoxy) is 1. The summed E-state index contributed by atoms with van der Waals surface area (Å²) >= 11 is 0. The Morgan fingerprint density at radius 1 is 1.50 bits per heavy atom. The summed E-state index contributed by atoms with van der Waals surface area (Å²) in [6.45, 7) is 3.04. The van der Waals surface area contributed by atoms with Crippen LogP contribution in [0.1, 0.15) is 32.1 Å². The summed E-state index contributed by atoms with van der Waals surface area (Å²) in [6, 6.07) is 0.155. The summed E-state index contributed by atoms with van der Waals surface area (Å²) in [4.78, 5) is 12.5. The minimum atomic E-state index is -0.0574. The van der Waals surface area contributed by atoms with E-state index in [9.17, 15) is 4.79 Å². The van der Waals surface area contributed by atoms with Crippen molar-refractivity contribution in [2.24, 2.45) is 11.5 Å². The predicted octanol–water partition coefficient (Wildman–Crippen LogP) is 0.0376. The van der Waals surface area contributed by atoms with Gasteiger partial charge >= 0.3 is 0 Å². The number of likely N-dealkylation sites (tertiary alicyclic amines) is 1. The van der Waals surface area contributed by atoms with E-state index in [2.05, 4.69) is 4.90 Å². The van der Waals surface area contributed by atoms with Gasteiger partial charge in [-0.3, -0.25) is 9.69 Å². The van der Waals surface area contributed by atoms with Crippen LogP contribution >= 0.6 is 0 Å². The molecule has 16 heavy (non-hydrogen) atoms. The van der Waals surface area contributed by atoms with E-state index in [1.165, 1.54) is 0 Å². The first-order valence-corrected chi connectivity index (χ1v) is 6.06. The number of carbonyl (C=O) groups excluding carboxylic acids is 1. The topological polar surface area (TPSA) is 81.6 Å². The van der Waals surface area contributed by atoms with Crippen LogP contribution in [0.5, 0.6) is 0 Å². The second kappa shape index (κ2) is 7.60. The molecule has 2 atom stereocenters. The SMILES string of the molecule is NCCCC[C@@H](N)CN1CCC[C@H]1OC=O. The number of rotatable bonds is 8. The first-order chi connectivity index (χ1) is 7.77. The van der Waals surface area contributed by atoms with Crippen molar-refractivity contribution in [1.82, 2.24) is 4.90 Å². The Morgan fingerprint density at radius 3 is 3.00 bits per heavy atom. The molecule has 1 aliphatic heterocycles. The van der Waals surface area contributed by atoms with Crippen LogP contribution in [-0.4, -0.2) is 43.3 Å². The average Bonchev–Trinajstić information content (AvgIpc) is 2.67. The minimum Gasteiger partial charge on any atom is -0.449 e. The van der Waals surface area contributed by atoms with E-state index in [4.69, 9.17) is 16.2 Å². The van der Waals surface area contributed by atoms with Crippen LogP contribution in [0.4, 0.5) is 0 Å². The Hall–Kier alpha value is -0.650. The summed E-state index contributed by atoms with van der Waals surface area (Å²) in [5.41, 5.74) is 11.5. The molecule has 1 aliphatic rings. The highest BCUT2D eigenvalue weighted by molar-refractivity contribution is 5.37. The molecule has 0 bridgehead atoms. The lowest BCUT2D eigenvalue weighted by Gasteiger charge is -2.25. The third-order valence-corrected chi connectivity index (χ3v) is 3.01. The molecular formula is C11H23N3O2. The lowest BCUT2D eigenvalue weighted by atomic mass is 10.1. The normalized spacial score (nSPS) is 23.2. The zero-order chi connectivity index (χ0) is 11.8. The standard InChI is InChI=1S/C11H23N3O2/c12-6-2-1-4-10(13)8-14-7-3-5-11(14)16-9-15/h9-11H,1-8,12-13H2/t10-,11-/m1/s1. The zero-order valence-corrected chi connectivity index (χ0v) is 9.81. The van der Waals surface area contributed by atoms with E-state index in [0.717, 1.165) is 51.7 Å². The van der Waals surface area contributed by atoms with Crippen molar-refractivity contribution in [3.63, 3.8) is 0 Å². The van der Waals surface area contributed by atoms with Crippen molar-refractivity contribution in [2.75, 3.05) is 19.6 Å². The smallest absolute Gasteiger partial charge is 0.294 e. The Kier molecular flexibility index (Phi) is 6.37. The summed E-state index contributed by atoms with van der Waals surface area (Å²) in [5.74, 6) is 0. The lowest BCUT2D eigenvalue weighted by molar-refractivity contribution is -0.140. The molecule has 0 saturated carbocycles. The number of carbonyl (C=O) groups is 1.